The smallest absolute Gasteiger partial charge is 0.332 e. The van der Waals surface area contributed by atoms with Crippen LogP contribution < -0.4 is 10.6 Å². The summed E-state index contributed by atoms with van der Waals surface area (Å²) in [4.78, 5) is 51.2. The van der Waals surface area contributed by atoms with Crippen LogP contribution >= 0.6 is 0 Å². The largest absolute Gasteiger partial charge is 0.479 e. The number of hydrogen-bond donors (Lipinski definition) is 9. The maximum Gasteiger partial charge on any atom is 0.332 e. The van der Waals surface area contributed by atoms with Crippen LogP contribution in [0.1, 0.15) is 104 Å². The minimum Gasteiger partial charge on any atom is -0.479 e. The number of rotatable bonds is 21. The van der Waals surface area contributed by atoms with Gasteiger partial charge in [0.1, 0.15) is 48.4 Å². The highest BCUT2D eigenvalue weighted by Gasteiger charge is 2.52. The lowest BCUT2D eigenvalue weighted by molar-refractivity contribution is -0.338. The predicted octanol–water partition coefficient (Wildman–Crippen LogP) is -0.454. The predicted molar refractivity (Wildman–Crippen MR) is 208 cm³/mol. The Labute approximate surface area is 350 Å². The number of amides is 2. The van der Waals surface area contributed by atoms with Crippen LogP contribution in [0.5, 0.6) is 0 Å². The molecule has 4 aliphatic rings. The summed E-state index contributed by atoms with van der Waals surface area (Å²) in [6.45, 7) is 3.92. The molecular formula is C39H66N2O18S. The van der Waals surface area contributed by atoms with Crippen molar-refractivity contribution >= 4 is 33.7 Å². The highest BCUT2D eigenvalue weighted by atomic mass is 32.2. The Kier molecular flexibility index (Phi) is 19.5. The Morgan fingerprint density at radius 3 is 2.18 bits per heavy atom. The summed E-state index contributed by atoms with van der Waals surface area (Å²) in [5, 5.41) is 69.1. The van der Waals surface area contributed by atoms with Gasteiger partial charge in [-0.15, -0.1) is 0 Å². The van der Waals surface area contributed by atoms with Gasteiger partial charge in [-0.05, 0) is 50.9 Å². The summed E-state index contributed by atoms with van der Waals surface area (Å²) >= 11 is 0. The summed E-state index contributed by atoms with van der Waals surface area (Å²) in [6.07, 6.45) is -11.0. The first-order valence-electron chi connectivity index (χ1n) is 21.2. The van der Waals surface area contributed by atoms with Crippen LogP contribution in [-0.4, -0.2) is 166 Å². The van der Waals surface area contributed by atoms with E-state index in [0.717, 1.165) is 32.1 Å². The van der Waals surface area contributed by atoms with Gasteiger partial charge in [0.15, 0.2) is 18.7 Å². The van der Waals surface area contributed by atoms with E-state index in [1.165, 1.54) is 13.8 Å². The molecule has 20 nitrogen and oxygen atoms in total. The number of ketones is 1. The SMILES string of the molecule is CCC1CC(C(=O)CCCNC(=O)CCCS(=O)(=O)O)C[C@@H](O[C@@H]2O[C@@H](CO)[C@H](O)C(O[C@@H](CC3CCCCC3)C(=O)O)C2NC(C)=O)[C@@H]1O[C@@H]1OC(C)[C@@H](O)[C@H](O)C1O. The molecule has 0 aromatic rings. The first-order chi connectivity index (χ1) is 28.3. The van der Waals surface area contributed by atoms with E-state index >= 15 is 0 Å². The fourth-order valence-electron chi connectivity index (χ4n) is 8.82. The molecule has 0 aromatic heterocycles. The summed E-state index contributed by atoms with van der Waals surface area (Å²) in [7, 11) is -4.20. The minimum atomic E-state index is -4.20. The van der Waals surface area contributed by atoms with Crippen molar-refractivity contribution in [2.75, 3.05) is 18.9 Å². The Balaban J connectivity index is 1.59. The molecule has 2 saturated heterocycles. The lowest BCUT2D eigenvalue weighted by Crippen LogP contribution is -2.67. The number of carboxylic acid groups (broad SMARTS) is 1. The number of carbonyl (C=O) groups excluding carboxylic acids is 3. The van der Waals surface area contributed by atoms with Crippen LogP contribution in [-0.2, 0) is 53.0 Å². The fraction of sp³-hybridized carbons (Fsp3) is 0.897. The van der Waals surface area contributed by atoms with Crippen LogP contribution in [0.25, 0.3) is 0 Å². The number of carboxylic acids is 1. The second-order valence-corrected chi connectivity index (χ2v) is 18.3. The maximum absolute atomic E-state index is 13.8. The average molecular weight is 883 g/mol. The second kappa shape index (κ2) is 23.3. The molecule has 9 N–H and O–H groups in total. The third-order valence-corrected chi connectivity index (χ3v) is 12.9. The number of hydrogen-bond acceptors (Lipinski definition) is 16. The molecule has 346 valence electrons. The van der Waals surface area contributed by atoms with Gasteiger partial charge in [0.2, 0.25) is 11.8 Å². The van der Waals surface area contributed by atoms with Crippen molar-refractivity contribution in [3.63, 3.8) is 0 Å². The zero-order valence-corrected chi connectivity index (χ0v) is 35.4. The molecule has 2 heterocycles. The van der Waals surface area contributed by atoms with E-state index < -0.39 is 132 Å². The van der Waals surface area contributed by atoms with Gasteiger partial charge in [-0.2, -0.15) is 8.42 Å². The Hall–Kier alpha value is -2.41. The summed E-state index contributed by atoms with van der Waals surface area (Å²) in [6, 6.07) is -1.33. The summed E-state index contributed by atoms with van der Waals surface area (Å²) < 4.78 is 61.7. The highest BCUT2D eigenvalue weighted by Crippen LogP contribution is 2.40. The molecule has 21 heteroatoms. The zero-order valence-electron chi connectivity index (χ0n) is 34.6. The van der Waals surface area contributed by atoms with Crippen LogP contribution in [0.3, 0.4) is 0 Å². The first kappa shape index (κ1) is 50.2. The van der Waals surface area contributed by atoms with Crippen LogP contribution in [0, 0.1) is 17.8 Å². The number of aliphatic hydroxyl groups excluding tert-OH is 5. The second-order valence-electron chi connectivity index (χ2n) is 16.7. The molecule has 4 fully saturated rings. The van der Waals surface area contributed by atoms with E-state index in [0.29, 0.717) is 6.42 Å². The summed E-state index contributed by atoms with van der Waals surface area (Å²) in [5.41, 5.74) is 0. The summed E-state index contributed by atoms with van der Waals surface area (Å²) in [5.74, 6) is -4.08. The average Bonchev–Trinajstić information content (AvgIpc) is 3.19. The molecule has 15 atom stereocenters. The van der Waals surface area contributed by atoms with E-state index in [4.69, 9.17) is 28.2 Å². The molecule has 0 bridgehead atoms. The van der Waals surface area contributed by atoms with Crippen molar-refractivity contribution < 1.29 is 86.5 Å². The minimum absolute atomic E-state index is 0.00447. The molecule has 60 heavy (non-hydrogen) atoms. The molecule has 2 amide bonds. The van der Waals surface area contributed by atoms with Gasteiger partial charge < -0.3 is 65.0 Å². The molecule has 6 unspecified atom stereocenters. The number of carbonyl (C=O) groups is 4. The lowest BCUT2D eigenvalue weighted by atomic mass is 9.74. The van der Waals surface area contributed by atoms with Crippen molar-refractivity contribution in [3.8, 4) is 0 Å². The van der Waals surface area contributed by atoms with Gasteiger partial charge in [-0.1, -0.05) is 45.4 Å². The maximum atomic E-state index is 13.8. The topological polar surface area (TPSA) is 314 Å². The van der Waals surface area contributed by atoms with Gasteiger partial charge in [0.05, 0.1) is 30.7 Å². The molecule has 2 aliphatic heterocycles. The fourth-order valence-corrected chi connectivity index (χ4v) is 9.33. The van der Waals surface area contributed by atoms with E-state index in [2.05, 4.69) is 10.6 Å². The normalized spacial score (nSPS) is 36.0. The Bertz CT molecular complexity index is 1520. The Morgan fingerprint density at radius 1 is 0.867 bits per heavy atom. The van der Waals surface area contributed by atoms with Gasteiger partial charge in [0.25, 0.3) is 10.1 Å². The van der Waals surface area contributed by atoms with Crippen molar-refractivity contribution in [3.05, 3.63) is 0 Å². The monoisotopic (exact) mass is 882 g/mol. The standard InChI is InChI=1S/C39H66N2O18S/c1-4-23-17-24(25(44)12-8-14-40-29(45)13-9-15-60(52,53)54)18-26(35(23)59-39-34(49)33(48)31(46)20(2)55-39)57-38-30(41-21(3)43)36(32(47)28(19-42)58-38)56-27(37(50)51)16-22-10-6-5-7-11-22/h20,22-24,26-28,30-36,38-39,42,46-49H,4-19H2,1-3H3,(H,40,45)(H,41,43)(H,50,51)(H,52,53,54)/t20?,23?,24?,26-,27+,28+,30?,31-,32+,33+,34?,35-,36?,38-,39+/m1/s1. The number of aliphatic hydroxyl groups is 5. The number of Topliss-reactive ketones (excluding diaryl/α,β-unsaturated/α-hetero) is 1. The molecule has 0 radical (unpaired) electrons. The van der Waals surface area contributed by atoms with Crippen LogP contribution in [0.15, 0.2) is 0 Å². The molecule has 0 aromatic carbocycles. The van der Waals surface area contributed by atoms with E-state index in [-0.39, 0.29) is 63.2 Å². The van der Waals surface area contributed by atoms with Gasteiger partial charge in [0, 0.05) is 32.2 Å². The molecule has 2 saturated carbocycles. The van der Waals surface area contributed by atoms with Gasteiger partial charge >= 0.3 is 5.97 Å². The van der Waals surface area contributed by atoms with Crippen molar-refractivity contribution in [2.45, 2.75) is 184 Å². The third-order valence-electron chi connectivity index (χ3n) is 12.1. The van der Waals surface area contributed by atoms with E-state index in [1.807, 2.05) is 6.92 Å². The molecule has 4 rings (SSSR count). The van der Waals surface area contributed by atoms with Crippen molar-refractivity contribution in [1.82, 2.24) is 10.6 Å². The van der Waals surface area contributed by atoms with Crippen LogP contribution in [0.2, 0.25) is 0 Å². The quantitative estimate of drug-likeness (QED) is 0.0521. The Morgan fingerprint density at radius 2 is 1.57 bits per heavy atom. The van der Waals surface area contributed by atoms with Crippen molar-refractivity contribution in [2.24, 2.45) is 17.8 Å². The highest BCUT2D eigenvalue weighted by molar-refractivity contribution is 7.85. The van der Waals surface area contributed by atoms with Gasteiger partial charge in [-0.25, -0.2) is 4.79 Å². The first-order valence-corrected chi connectivity index (χ1v) is 22.8. The molecule has 2 aliphatic carbocycles. The molecular weight excluding hydrogens is 816 g/mol. The van der Waals surface area contributed by atoms with Crippen LogP contribution in [0.4, 0.5) is 0 Å². The molecule has 0 spiro atoms. The van der Waals surface area contributed by atoms with E-state index in [9.17, 15) is 58.2 Å². The van der Waals surface area contributed by atoms with Gasteiger partial charge in [-0.3, -0.25) is 18.9 Å². The zero-order chi connectivity index (χ0) is 44.3. The van der Waals surface area contributed by atoms with E-state index in [1.54, 1.807) is 0 Å². The number of aliphatic carboxylic acids is 1. The number of nitrogens with one attached hydrogen (secondary N) is 2. The lowest BCUT2D eigenvalue weighted by Gasteiger charge is -2.49. The van der Waals surface area contributed by atoms with Crippen molar-refractivity contribution in [1.29, 1.82) is 0 Å². The number of ether oxygens (including phenoxy) is 5. The third kappa shape index (κ3) is 14.3.